The van der Waals surface area contributed by atoms with Gasteiger partial charge >= 0.3 is 0 Å². The van der Waals surface area contributed by atoms with Crippen LogP contribution in [-0.4, -0.2) is 180 Å². The first-order valence-electron chi connectivity index (χ1n) is 31.7. The fourth-order valence-corrected chi connectivity index (χ4v) is 10.3. The smallest absolute Gasteiger partial charge is 0.287 e. The van der Waals surface area contributed by atoms with Gasteiger partial charge in [-0.15, -0.1) is 0 Å². The molecule has 0 spiro atoms. The summed E-state index contributed by atoms with van der Waals surface area (Å²) in [7, 11) is 12.8. The summed E-state index contributed by atoms with van der Waals surface area (Å²) < 4.78 is 26.4. The summed E-state index contributed by atoms with van der Waals surface area (Å²) in [6.45, 7) is 4.87. The van der Waals surface area contributed by atoms with Crippen molar-refractivity contribution in [2.24, 2.45) is 60.2 Å². The van der Waals surface area contributed by atoms with E-state index in [0.29, 0.717) is 48.3 Å². The molecule has 8 heterocycles. The number of aromatic nitrogens is 8. The van der Waals surface area contributed by atoms with E-state index in [0.717, 1.165) is 0 Å². The number of ether oxygens (including phenoxy) is 3. The molecule has 1 aliphatic rings. The lowest BCUT2D eigenvalue weighted by Crippen LogP contribution is -2.33. The van der Waals surface area contributed by atoms with Crippen LogP contribution in [0.5, 0.6) is 0 Å². The molecule has 12 N–H and O–H groups in total. The number of rotatable bonds is 34. The Bertz CT molecular complexity index is 4380. The van der Waals surface area contributed by atoms with Gasteiger partial charge in [-0.05, 0) is 48.9 Å². The van der Waals surface area contributed by atoms with Crippen LogP contribution in [0.3, 0.4) is 0 Å². The monoisotopic (exact) mass is 1400 g/mol. The molecule has 0 aliphatic carbocycles. The normalized spacial score (nSPS) is 12.4. The van der Waals surface area contributed by atoms with Gasteiger partial charge in [0.1, 0.15) is 52.3 Å². The van der Waals surface area contributed by atoms with Crippen LogP contribution in [0.2, 0.25) is 0 Å². The third-order valence-corrected chi connectivity index (χ3v) is 15.3. The number of aryl methyl sites for hydroxylation is 7. The number of amides is 12. The van der Waals surface area contributed by atoms with Crippen LogP contribution in [0.4, 0.5) is 39.9 Å². The molecule has 0 saturated heterocycles. The van der Waals surface area contributed by atoms with Gasteiger partial charge in [-0.3, -0.25) is 57.5 Å². The first-order valence-corrected chi connectivity index (χ1v) is 31.7. The number of nitrogens with zero attached hydrogens (tertiary/aromatic N) is 9. The fraction of sp³-hybridized carbons (Fsp3) is 0.354. The number of anilines is 7. The lowest BCUT2D eigenvalue weighted by molar-refractivity contribution is -0.126. The number of imidazole rings is 1. The molecule has 1 aliphatic heterocycles. The third kappa shape index (κ3) is 20.7. The van der Waals surface area contributed by atoms with Crippen LogP contribution in [0.25, 0.3) is 0 Å². The number of likely N-dealkylation sites (N-methyl/N-ethyl adjacent to an activating group) is 1. The molecule has 1 unspecified atom stereocenters. The molecular formula is C65H81N21O15. The Balaban J connectivity index is 0.715. The maximum absolute atomic E-state index is 13.5. The average Bonchev–Trinajstić information content (AvgIpc) is 1.69. The number of carbonyl (C=O) groups is 12. The van der Waals surface area contributed by atoms with Gasteiger partial charge in [0.2, 0.25) is 29.5 Å². The maximum atomic E-state index is 13.5. The zero-order chi connectivity index (χ0) is 73.2. The van der Waals surface area contributed by atoms with Crippen LogP contribution in [0.15, 0.2) is 96.7 Å². The Morgan fingerprint density at radius 1 is 0.406 bits per heavy atom. The Kier molecular flexibility index (Phi) is 25.4. The molecule has 36 heteroatoms. The summed E-state index contributed by atoms with van der Waals surface area (Å²) in [4.78, 5) is 163. The van der Waals surface area contributed by atoms with E-state index in [4.69, 9.17) is 14.2 Å². The predicted molar refractivity (Wildman–Crippen MR) is 369 cm³/mol. The van der Waals surface area contributed by atoms with E-state index in [9.17, 15) is 57.5 Å². The molecule has 1 atom stereocenters. The second-order valence-electron chi connectivity index (χ2n) is 23.4. The van der Waals surface area contributed by atoms with Crippen LogP contribution >= 0.6 is 0 Å². The average molecular weight is 1400 g/mol. The van der Waals surface area contributed by atoms with E-state index in [2.05, 4.69) is 73.8 Å². The summed E-state index contributed by atoms with van der Waals surface area (Å²) in [5, 5.41) is 32.4. The summed E-state index contributed by atoms with van der Waals surface area (Å²) in [5.41, 5.74) is 3.26. The molecular weight excluding hydrogens is 1310 g/mol. The zero-order valence-electron chi connectivity index (χ0n) is 57.3. The topological polar surface area (TPSA) is 437 Å². The van der Waals surface area contributed by atoms with Crippen molar-refractivity contribution < 1.29 is 71.7 Å². The van der Waals surface area contributed by atoms with Crippen LogP contribution in [0.1, 0.15) is 107 Å². The third-order valence-electron chi connectivity index (χ3n) is 15.3. The summed E-state index contributed by atoms with van der Waals surface area (Å²) in [6, 6.07) is 8.88. The highest BCUT2D eigenvalue weighted by atomic mass is 16.5. The molecule has 8 rings (SSSR count). The van der Waals surface area contributed by atoms with Crippen molar-refractivity contribution in [1.29, 1.82) is 0 Å². The quantitative estimate of drug-likeness (QED) is 0.0256. The van der Waals surface area contributed by atoms with E-state index < -0.39 is 59.1 Å². The van der Waals surface area contributed by atoms with Gasteiger partial charge in [0.25, 0.3) is 47.3 Å². The summed E-state index contributed by atoms with van der Waals surface area (Å²) in [5.74, 6) is -5.89. The molecule has 0 bridgehead atoms. The highest BCUT2D eigenvalue weighted by Crippen LogP contribution is 2.24. The van der Waals surface area contributed by atoms with E-state index in [1.54, 1.807) is 91.7 Å². The number of nitrogens with one attached hydrogen (secondary N) is 12. The molecule has 101 heavy (non-hydrogen) atoms. The van der Waals surface area contributed by atoms with Crippen molar-refractivity contribution in [3.05, 3.63) is 132 Å². The van der Waals surface area contributed by atoms with Crippen LogP contribution in [-0.2, 0) is 87.5 Å². The minimum absolute atomic E-state index is 0.00755. The Hall–Kier alpha value is -12.2. The molecule has 0 radical (unpaired) electrons. The Morgan fingerprint density at radius 3 is 1.31 bits per heavy atom. The van der Waals surface area contributed by atoms with Crippen LogP contribution < -0.4 is 63.8 Å². The molecule has 12 amide bonds. The second-order valence-corrected chi connectivity index (χ2v) is 23.4. The molecule has 0 aromatic carbocycles. The molecule has 0 fully saturated rings. The van der Waals surface area contributed by atoms with Gasteiger partial charge in [0, 0.05) is 145 Å². The van der Waals surface area contributed by atoms with Gasteiger partial charge in [-0.25, -0.2) is 9.98 Å². The Labute approximate surface area is 578 Å². The number of aliphatic imine (C=N–C) groups is 1. The summed E-state index contributed by atoms with van der Waals surface area (Å²) in [6.07, 6.45) is 12.6. The minimum atomic E-state index is -0.589. The minimum Gasteiger partial charge on any atom is -0.377 e. The largest absolute Gasteiger partial charge is 0.377 e. The van der Waals surface area contributed by atoms with Gasteiger partial charge < -0.3 is 110 Å². The highest BCUT2D eigenvalue weighted by molar-refractivity contribution is 6.44. The highest BCUT2D eigenvalue weighted by Gasteiger charge is 2.28. The predicted octanol–water partition coefficient (Wildman–Crippen LogP) is 1.90. The van der Waals surface area contributed by atoms with Crippen molar-refractivity contribution >= 4 is 117 Å². The molecule has 0 saturated carbocycles. The van der Waals surface area contributed by atoms with Gasteiger partial charge in [0.05, 0.1) is 67.2 Å². The van der Waals surface area contributed by atoms with Crippen LogP contribution in [0, 0.1) is 5.92 Å². The van der Waals surface area contributed by atoms with E-state index in [1.165, 1.54) is 96.4 Å². The molecule has 7 aromatic heterocycles. The van der Waals surface area contributed by atoms with Gasteiger partial charge in [0.15, 0.2) is 5.82 Å². The first-order chi connectivity index (χ1) is 48.1. The van der Waals surface area contributed by atoms with Crippen molar-refractivity contribution in [3.63, 3.8) is 0 Å². The lowest BCUT2D eigenvalue weighted by atomic mass is 10.1. The second kappa shape index (κ2) is 34.4. The SMILES string of the molecule is CNC(=O)COCCOCCOCCNC(=O)CCNC(=O)c1cc(NC(=O)c2cc(NC(=O)C3=NC(NC(=O)c4cc(NC(=O)CCCNC(=O)c5nc(NC(=O)c6cc(NC(=O)c7cc(NC(=O)c8cc(NC(C)=O)cn8C)cn7C)cn6C)cn5C)cn4C)=CC3C)cn2C)cn1C. The molecule has 36 nitrogen and oxygen atoms in total. The molecule has 536 valence electrons. The van der Waals surface area contributed by atoms with E-state index in [-0.39, 0.29) is 139 Å². The summed E-state index contributed by atoms with van der Waals surface area (Å²) >= 11 is 0. The van der Waals surface area contributed by atoms with E-state index >= 15 is 0 Å². The van der Waals surface area contributed by atoms with Crippen molar-refractivity contribution in [1.82, 2.24) is 63.5 Å². The van der Waals surface area contributed by atoms with Crippen molar-refractivity contribution in [2.45, 2.75) is 33.1 Å². The van der Waals surface area contributed by atoms with Crippen molar-refractivity contribution in [3.8, 4) is 0 Å². The number of hydrogen-bond acceptors (Lipinski definition) is 17. The van der Waals surface area contributed by atoms with Gasteiger partial charge in [-0.2, -0.15) is 0 Å². The van der Waals surface area contributed by atoms with E-state index in [1.807, 2.05) is 0 Å². The molecule has 7 aromatic rings. The van der Waals surface area contributed by atoms with Crippen molar-refractivity contribution in [2.75, 3.05) is 104 Å². The first kappa shape index (κ1) is 74.6. The number of allylic oxidation sites excluding steroid dienone is 1. The zero-order valence-corrected chi connectivity index (χ0v) is 57.3. The lowest BCUT2D eigenvalue weighted by Gasteiger charge is -2.08. The number of hydrogen-bond donors (Lipinski definition) is 12. The fourth-order valence-electron chi connectivity index (χ4n) is 10.3. The standard InChI is InChI=1S/C65H81N21O15/c1-37-22-51(76-56(37)64(97)75-44-28-48(84(8)34-44)61(94)72-41-25-45(80(4)31-41)58(91)69-15-13-53(88)67-16-17-99-18-19-100-20-21-101-36-55(90)66-3)78-62(95)49-24-40(30-82(49)6)71-54(89)12-11-14-68-65(98)57-77-52(35-86(57)10)79-63(96)50-27-43(33-85(50)9)74-60(93)47-26-42(32-83(47)7)73-59(92)46-23-39(29-81(46)5)70-38(2)87/h22-35,37H,11-21,36H2,1-10H3,(H,66,90)(H,67,88)(H,68,98)(H,69,91)(H,70,87)(H,71,89)(H,72,94)(H,73,92)(H,74,93)(H,75,97)(H,78,95)(H,79,96). The van der Waals surface area contributed by atoms with Gasteiger partial charge in [-0.1, -0.05) is 6.92 Å². The Morgan fingerprint density at radius 2 is 0.822 bits per heavy atom. The number of carbonyl (C=O) groups excluding carboxylic acids is 12. The maximum Gasteiger partial charge on any atom is 0.287 e.